The number of nitrogens with zero attached hydrogens (tertiary/aromatic N) is 2. The van der Waals surface area contributed by atoms with Crippen LogP contribution < -0.4 is 5.43 Å². The largest absolute Gasteiger partial charge is 0.368 e. The Morgan fingerprint density at radius 3 is 2.57 bits per heavy atom. The SMILES string of the molecule is CC(C)(C=[N+]1CCOCC1)N[N+](=O)O. The van der Waals surface area contributed by atoms with E-state index in [1.165, 1.54) is 0 Å². The molecule has 0 radical (unpaired) electrons. The zero-order chi connectivity index (χ0) is 10.6. The van der Waals surface area contributed by atoms with Gasteiger partial charge in [-0.05, 0) is 13.8 Å². The first-order chi connectivity index (χ1) is 6.49. The smallest absolute Gasteiger partial charge is 0.355 e. The van der Waals surface area contributed by atoms with Gasteiger partial charge in [-0.15, -0.1) is 0 Å². The molecule has 14 heavy (non-hydrogen) atoms. The normalized spacial score (nSPS) is 17.7. The molecule has 0 saturated carbocycles. The lowest BCUT2D eigenvalue weighted by atomic mass is 10.1. The molecule has 0 aliphatic carbocycles. The number of hydrogen-bond acceptors (Lipinski definition) is 2. The summed E-state index contributed by atoms with van der Waals surface area (Å²) in [6.45, 7) is 6.65. The van der Waals surface area contributed by atoms with Crippen molar-refractivity contribution < 1.29 is 19.6 Å². The van der Waals surface area contributed by atoms with Gasteiger partial charge in [0, 0.05) is 0 Å². The molecular formula is C8H17N3O3+2. The van der Waals surface area contributed by atoms with E-state index in [9.17, 15) is 4.91 Å². The first-order valence-corrected chi connectivity index (χ1v) is 4.61. The average molecular weight is 203 g/mol. The Bertz CT molecular complexity index is 242. The summed E-state index contributed by atoms with van der Waals surface area (Å²) in [6.07, 6.45) is 1.89. The molecule has 6 heteroatoms. The highest BCUT2D eigenvalue weighted by Crippen LogP contribution is 1.98. The lowest BCUT2D eigenvalue weighted by Gasteiger charge is -2.15. The summed E-state index contributed by atoms with van der Waals surface area (Å²) in [7, 11) is 0. The minimum atomic E-state index is -0.562. The molecule has 80 valence electrons. The number of morpholine rings is 1. The van der Waals surface area contributed by atoms with E-state index in [1.807, 2.05) is 20.1 Å². The Morgan fingerprint density at radius 1 is 1.50 bits per heavy atom. The average Bonchev–Trinajstić information content (AvgIpc) is 2.02. The molecule has 0 spiro atoms. The summed E-state index contributed by atoms with van der Waals surface area (Å²) in [5.74, 6) is 0. The number of hydrazine groups is 1. The summed E-state index contributed by atoms with van der Waals surface area (Å²) in [4.78, 5) is 10.4. The summed E-state index contributed by atoms with van der Waals surface area (Å²) < 4.78 is 7.26. The van der Waals surface area contributed by atoms with Gasteiger partial charge in [0.05, 0.1) is 0 Å². The highest BCUT2D eigenvalue weighted by Gasteiger charge is 2.28. The van der Waals surface area contributed by atoms with Gasteiger partial charge < -0.3 is 4.74 Å². The Labute approximate surface area is 82.7 Å². The maximum atomic E-state index is 10.4. The van der Waals surface area contributed by atoms with Gasteiger partial charge >= 0.3 is 5.03 Å². The second-order valence-electron chi connectivity index (χ2n) is 3.88. The molecule has 6 nitrogen and oxygen atoms in total. The maximum Gasteiger partial charge on any atom is 0.355 e. The third kappa shape index (κ3) is 3.69. The Morgan fingerprint density at radius 2 is 2.07 bits per heavy atom. The van der Waals surface area contributed by atoms with Gasteiger partial charge in [-0.1, -0.05) is 5.43 Å². The van der Waals surface area contributed by atoms with E-state index in [-0.39, 0.29) is 5.03 Å². The van der Waals surface area contributed by atoms with E-state index in [4.69, 9.17) is 9.94 Å². The van der Waals surface area contributed by atoms with Gasteiger partial charge in [-0.2, -0.15) is 0 Å². The second-order valence-corrected chi connectivity index (χ2v) is 3.88. The highest BCUT2D eigenvalue weighted by molar-refractivity contribution is 5.63. The quantitative estimate of drug-likeness (QED) is 0.482. The third-order valence-electron chi connectivity index (χ3n) is 1.93. The van der Waals surface area contributed by atoms with Gasteiger partial charge in [0.15, 0.2) is 24.8 Å². The van der Waals surface area contributed by atoms with Crippen LogP contribution in [0.4, 0.5) is 0 Å². The van der Waals surface area contributed by atoms with E-state index < -0.39 is 5.54 Å². The van der Waals surface area contributed by atoms with Crippen molar-refractivity contribution in [1.82, 2.24) is 5.43 Å². The van der Waals surface area contributed by atoms with Crippen molar-refractivity contribution in [2.45, 2.75) is 19.4 Å². The van der Waals surface area contributed by atoms with E-state index in [1.54, 1.807) is 0 Å². The predicted molar refractivity (Wildman–Crippen MR) is 49.5 cm³/mol. The molecule has 0 unspecified atom stereocenters. The van der Waals surface area contributed by atoms with Crippen molar-refractivity contribution >= 4 is 6.21 Å². The molecule has 1 heterocycles. The van der Waals surface area contributed by atoms with Gasteiger partial charge in [0.1, 0.15) is 18.1 Å². The second kappa shape index (κ2) is 4.36. The fourth-order valence-electron chi connectivity index (χ4n) is 1.44. The molecule has 0 aromatic heterocycles. The first-order valence-electron chi connectivity index (χ1n) is 4.61. The standard InChI is InChI=1S/C8H17N3O3/c1-8(2,9-11(12)13)7-10-3-5-14-6-4-10/h7,9H,3-6H2,1-2H3,(H,12,13)/q+2. The van der Waals surface area contributed by atoms with Crippen LogP contribution in [0.2, 0.25) is 0 Å². The molecule has 1 rings (SSSR count). The summed E-state index contributed by atoms with van der Waals surface area (Å²) in [5.41, 5.74) is 1.80. The zero-order valence-electron chi connectivity index (χ0n) is 8.56. The van der Waals surface area contributed by atoms with Crippen LogP contribution in [0.5, 0.6) is 0 Å². The number of nitrogens with one attached hydrogen (secondary N) is 1. The number of hydrogen-bond donors (Lipinski definition) is 2. The molecule has 0 atom stereocenters. The van der Waals surface area contributed by atoms with E-state index in [2.05, 4.69) is 10.0 Å². The van der Waals surface area contributed by atoms with Crippen LogP contribution >= 0.6 is 0 Å². The Balaban J connectivity index is 2.58. The minimum absolute atomic E-state index is 0.267. The molecular weight excluding hydrogens is 186 g/mol. The van der Waals surface area contributed by atoms with Gasteiger partial charge in [-0.3, -0.25) is 0 Å². The van der Waals surface area contributed by atoms with Crippen LogP contribution in [-0.4, -0.2) is 52.9 Å². The molecule has 1 fully saturated rings. The van der Waals surface area contributed by atoms with Crippen molar-refractivity contribution in [3.05, 3.63) is 4.91 Å². The van der Waals surface area contributed by atoms with E-state index in [0.717, 1.165) is 13.1 Å². The molecule has 0 amide bonds. The first kappa shape index (κ1) is 10.9. The van der Waals surface area contributed by atoms with Crippen LogP contribution in [0.3, 0.4) is 0 Å². The summed E-state index contributed by atoms with van der Waals surface area (Å²) in [6, 6.07) is 0. The van der Waals surface area contributed by atoms with Crippen LogP contribution in [-0.2, 0) is 4.74 Å². The Kier molecular flexibility index (Phi) is 3.40. The van der Waals surface area contributed by atoms with Crippen LogP contribution in [0.1, 0.15) is 13.8 Å². The van der Waals surface area contributed by atoms with Crippen LogP contribution in [0.15, 0.2) is 0 Å². The molecule has 0 bridgehead atoms. The molecule has 1 aliphatic rings. The van der Waals surface area contributed by atoms with Gasteiger partial charge in [0.25, 0.3) is 0 Å². The van der Waals surface area contributed by atoms with Crippen LogP contribution in [0, 0.1) is 4.91 Å². The van der Waals surface area contributed by atoms with Crippen molar-refractivity contribution in [2.75, 3.05) is 26.3 Å². The van der Waals surface area contributed by atoms with Crippen molar-refractivity contribution in [2.24, 2.45) is 0 Å². The van der Waals surface area contributed by atoms with Gasteiger partial charge in [0.2, 0.25) is 0 Å². The fraction of sp³-hybridized carbons (Fsp3) is 0.875. The summed E-state index contributed by atoms with van der Waals surface area (Å²) in [5, 5.41) is 8.25. The third-order valence-corrected chi connectivity index (χ3v) is 1.93. The van der Waals surface area contributed by atoms with Crippen molar-refractivity contribution in [3.63, 3.8) is 0 Å². The molecule has 1 saturated heterocycles. The van der Waals surface area contributed by atoms with Crippen molar-refractivity contribution in [1.29, 1.82) is 0 Å². The molecule has 0 aromatic rings. The van der Waals surface area contributed by atoms with Gasteiger partial charge in [-0.25, -0.2) is 9.78 Å². The maximum absolute atomic E-state index is 10.4. The predicted octanol–water partition coefficient (Wildman–Crippen LogP) is -0.449. The number of ether oxygens (including phenoxy) is 1. The fourth-order valence-corrected chi connectivity index (χ4v) is 1.44. The molecule has 0 aromatic carbocycles. The Hall–Kier alpha value is -1.17. The minimum Gasteiger partial charge on any atom is -0.368 e. The van der Waals surface area contributed by atoms with E-state index >= 15 is 0 Å². The lowest BCUT2D eigenvalue weighted by Crippen LogP contribution is -2.48. The number of rotatable bonds is 3. The summed E-state index contributed by atoms with van der Waals surface area (Å²) >= 11 is 0. The van der Waals surface area contributed by atoms with Crippen LogP contribution in [0.25, 0.3) is 0 Å². The molecule has 2 N–H and O–H groups in total. The lowest BCUT2D eigenvalue weighted by molar-refractivity contribution is -0.837. The monoisotopic (exact) mass is 203 g/mol. The molecule has 1 aliphatic heterocycles. The highest BCUT2D eigenvalue weighted by atomic mass is 16.7. The zero-order valence-corrected chi connectivity index (χ0v) is 8.56. The van der Waals surface area contributed by atoms with Crippen molar-refractivity contribution in [3.8, 4) is 0 Å². The van der Waals surface area contributed by atoms with E-state index in [0.29, 0.717) is 13.2 Å². The topological polar surface area (TPSA) is 64.6 Å².